The van der Waals surface area contributed by atoms with E-state index in [2.05, 4.69) is 35.8 Å². The highest BCUT2D eigenvalue weighted by Gasteiger charge is 2.27. The molecule has 0 unspecified atom stereocenters. The fraction of sp³-hybridized carbons (Fsp3) is 0.652. The summed E-state index contributed by atoms with van der Waals surface area (Å²) < 4.78 is 37.1. The zero-order valence-corrected chi connectivity index (χ0v) is 19.5. The second kappa shape index (κ2) is 11.4. The largest absolute Gasteiger partial charge is 0.405 e. The van der Waals surface area contributed by atoms with Gasteiger partial charge >= 0.3 is 6.18 Å². The van der Waals surface area contributed by atoms with Gasteiger partial charge in [-0.3, -0.25) is 4.79 Å². The van der Waals surface area contributed by atoms with Crippen LogP contribution in [-0.4, -0.2) is 88.0 Å². The molecule has 12 heteroatoms. The van der Waals surface area contributed by atoms with Gasteiger partial charge in [-0.05, 0) is 50.7 Å². The van der Waals surface area contributed by atoms with Gasteiger partial charge in [0.2, 0.25) is 5.82 Å². The molecule has 35 heavy (non-hydrogen) atoms. The van der Waals surface area contributed by atoms with Crippen molar-refractivity contribution < 1.29 is 23.1 Å². The number of hydrogen-bond donors (Lipinski definition) is 4. The van der Waals surface area contributed by atoms with Crippen LogP contribution >= 0.6 is 0 Å². The van der Waals surface area contributed by atoms with Crippen molar-refractivity contribution >= 4 is 22.8 Å². The third-order valence-electron chi connectivity index (χ3n) is 6.59. The van der Waals surface area contributed by atoms with Crippen molar-refractivity contribution in [2.24, 2.45) is 0 Å². The van der Waals surface area contributed by atoms with Crippen LogP contribution in [-0.2, 0) is 0 Å². The second-order valence-corrected chi connectivity index (χ2v) is 9.31. The van der Waals surface area contributed by atoms with E-state index in [0.717, 1.165) is 64.7 Å². The zero-order valence-electron chi connectivity index (χ0n) is 19.5. The molecule has 0 bridgehead atoms. The summed E-state index contributed by atoms with van der Waals surface area (Å²) in [5.74, 6) is -0.291. The molecule has 4 N–H and O–H groups in total. The van der Waals surface area contributed by atoms with Gasteiger partial charge in [-0.2, -0.15) is 13.2 Å². The van der Waals surface area contributed by atoms with E-state index in [4.69, 9.17) is 0 Å². The molecule has 3 heterocycles. The predicted octanol–water partition coefficient (Wildman–Crippen LogP) is 2.09. The molecular formula is C23H32F3N7O2. The van der Waals surface area contributed by atoms with Crippen LogP contribution in [0.3, 0.4) is 0 Å². The van der Waals surface area contributed by atoms with E-state index in [9.17, 15) is 23.1 Å². The lowest BCUT2D eigenvalue weighted by molar-refractivity contribution is -0.115. The number of aromatic nitrogens is 3. The average molecular weight is 496 g/mol. The Morgan fingerprint density at radius 2 is 1.77 bits per heavy atom. The molecule has 2 fully saturated rings. The lowest BCUT2D eigenvalue weighted by atomic mass is 9.93. The summed E-state index contributed by atoms with van der Waals surface area (Å²) in [6.07, 6.45) is 2.34. The molecule has 4 rings (SSSR count). The molecule has 0 spiro atoms. The second-order valence-electron chi connectivity index (χ2n) is 9.31. The summed E-state index contributed by atoms with van der Waals surface area (Å²) in [6, 6.07) is 3.44. The number of rotatable bonds is 8. The molecule has 0 aromatic carbocycles. The molecule has 1 aliphatic heterocycles. The number of carbonyl (C=O) groups excluding carboxylic acids is 1. The van der Waals surface area contributed by atoms with Gasteiger partial charge in [0, 0.05) is 38.3 Å². The Kier molecular flexibility index (Phi) is 8.34. The van der Waals surface area contributed by atoms with Crippen molar-refractivity contribution in [3.8, 4) is 0 Å². The number of halogens is 3. The van der Waals surface area contributed by atoms with Crippen molar-refractivity contribution in [2.45, 2.75) is 62.9 Å². The normalized spacial score (nSPS) is 22.3. The third-order valence-corrected chi connectivity index (χ3v) is 6.59. The van der Waals surface area contributed by atoms with E-state index in [1.54, 1.807) is 0 Å². The number of nitrogens with one attached hydrogen (secondary N) is 3. The summed E-state index contributed by atoms with van der Waals surface area (Å²) in [5, 5.41) is 18.4. The van der Waals surface area contributed by atoms with Gasteiger partial charge in [0.1, 0.15) is 17.9 Å². The zero-order chi connectivity index (χ0) is 24.8. The number of alkyl halides is 3. The number of fused-ring (bicyclic) bond motifs is 1. The predicted molar refractivity (Wildman–Crippen MR) is 125 cm³/mol. The summed E-state index contributed by atoms with van der Waals surface area (Å²) >= 11 is 0. The van der Waals surface area contributed by atoms with Gasteiger partial charge in [0.05, 0.1) is 17.8 Å². The van der Waals surface area contributed by atoms with Gasteiger partial charge in [-0.25, -0.2) is 15.0 Å². The molecule has 9 nitrogen and oxygen atoms in total. The Bertz CT molecular complexity index is 991. The minimum atomic E-state index is -4.34. The third kappa shape index (κ3) is 7.71. The maximum atomic E-state index is 12.7. The van der Waals surface area contributed by atoms with Crippen molar-refractivity contribution in [1.82, 2.24) is 30.5 Å². The molecule has 192 valence electrons. The molecule has 2 aromatic heterocycles. The first-order valence-electron chi connectivity index (χ1n) is 12.1. The smallest absolute Gasteiger partial charge is 0.393 e. The van der Waals surface area contributed by atoms with E-state index >= 15 is 0 Å². The van der Waals surface area contributed by atoms with Gasteiger partial charge < -0.3 is 26.0 Å². The van der Waals surface area contributed by atoms with Gasteiger partial charge in [0.25, 0.3) is 5.91 Å². The highest BCUT2D eigenvalue weighted by molar-refractivity contribution is 5.92. The molecule has 0 radical (unpaired) electrons. The first-order chi connectivity index (χ1) is 16.7. The summed E-state index contributed by atoms with van der Waals surface area (Å²) in [5.41, 5.74) is 0.692. The molecule has 1 saturated carbocycles. The lowest BCUT2D eigenvalue weighted by Crippen LogP contribution is -2.47. The Balaban J connectivity index is 1.20. The Morgan fingerprint density at radius 1 is 1.03 bits per heavy atom. The van der Waals surface area contributed by atoms with Crippen LogP contribution in [0, 0.1) is 0 Å². The van der Waals surface area contributed by atoms with E-state index in [-0.39, 0.29) is 29.7 Å². The van der Waals surface area contributed by atoms with E-state index < -0.39 is 12.7 Å². The van der Waals surface area contributed by atoms with Crippen molar-refractivity contribution in [1.29, 1.82) is 0 Å². The summed E-state index contributed by atoms with van der Waals surface area (Å²) in [7, 11) is 0. The number of carbonyl (C=O) groups is 1. The van der Waals surface area contributed by atoms with Crippen LogP contribution in [0.2, 0.25) is 0 Å². The SMILES string of the molecule is O=C(NC1CCN(CCNC2CCC(O)CC2)CC1)c1ncc2nc(NCC(F)(F)F)ccc2n1. The number of aliphatic hydroxyl groups excluding tert-OH is 1. The molecule has 0 atom stereocenters. The van der Waals surface area contributed by atoms with Crippen LogP contribution in [0.25, 0.3) is 11.0 Å². The number of piperidine rings is 1. The van der Waals surface area contributed by atoms with Crippen molar-refractivity contribution in [3.05, 3.63) is 24.2 Å². The number of aliphatic hydroxyl groups is 1. The first-order valence-corrected chi connectivity index (χ1v) is 12.1. The minimum Gasteiger partial charge on any atom is -0.393 e. The number of hydrogen-bond acceptors (Lipinski definition) is 8. The van der Waals surface area contributed by atoms with Crippen LogP contribution in [0.4, 0.5) is 19.0 Å². The topological polar surface area (TPSA) is 115 Å². The van der Waals surface area contributed by atoms with Crippen molar-refractivity contribution in [3.63, 3.8) is 0 Å². The monoisotopic (exact) mass is 495 g/mol. The number of nitrogens with zero attached hydrogens (tertiary/aromatic N) is 4. The van der Waals surface area contributed by atoms with Crippen LogP contribution < -0.4 is 16.0 Å². The first kappa shape index (κ1) is 25.5. The molecule has 2 aliphatic rings. The quantitative estimate of drug-likeness (QED) is 0.440. The van der Waals surface area contributed by atoms with Gasteiger partial charge in [-0.1, -0.05) is 0 Å². The standard InChI is InChI=1S/C23H32F3N7O2/c24-23(25,26)14-29-20-6-5-18-19(31-20)13-28-21(32-18)22(35)30-16-7-10-33(11-8-16)12-9-27-15-1-3-17(34)4-2-15/h5-6,13,15-17,27,34H,1-4,7-12,14H2,(H,29,31)(H,30,35). The molecule has 1 amide bonds. The molecule has 2 aromatic rings. The highest BCUT2D eigenvalue weighted by atomic mass is 19.4. The van der Waals surface area contributed by atoms with Crippen LogP contribution in [0.1, 0.15) is 49.1 Å². The fourth-order valence-corrected chi connectivity index (χ4v) is 4.58. The van der Waals surface area contributed by atoms with Gasteiger partial charge in [-0.15, -0.1) is 0 Å². The summed E-state index contributed by atoms with van der Waals surface area (Å²) in [6.45, 7) is 2.48. The average Bonchev–Trinajstić information content (AvgIpc) is 2.84. The van der Waals surface area contributed by atoms with Crippen molar-refractivity contribution in [2.75, 3.05) is 38.0 Å². The maximum absolute atomic E-state index is 12.7. The number of amides is 1. The van der Waals surface area contributed by atoms with E-state index in [1.807, 2.05) is 0 Å². The minimum absolute atomic E-state index is 0.0135. The van der Waals surface area contributed by atoms with Crippen LogP contribution in [0.15, 0.2) is 18.3 Å². The number of pyridine rings is 1. The Hall–Kier alpha value is -2.57. The van der Waals surface area contributed by atoms with E-state index in [1.165, 1.54) is 18.3 Å². The molecular weight excluding hydrogens is 463 g/mol. The highest BCUT2D eigenvalue weighted by Crippen LogP contribution is 2.19. The Labute approximate surface area is 201 Å². The lowest BCUT2D eigenvalue weighted by Gasteiger charge is -2.33. The maximum Gasteiger partial charge on any atom is 0.405 e. The molecule has 1 aliphatic carbocycles. The Morgan fingerprint density at radius 3 is 2.49 bits per heavy atom. The fourth-order valence-electron chi connectivity index (χ4n) is 4.58. The number of anilines is 1. The van der Waals surface area contributed by atoms with Crippen LogP contribution in [0.5, 0.6) is 0 Å². The van der Waals surface area contributed by atoms with E-state index in [0.29, 0.717) is 17.1 Å². The number of likely N-dealkylation sites (tertiary alicyclic amines) is 1. The van der Waals surface area contributed by atoms with Gasteiger partial charge in [0.15, 0.2) is 0 Å². The summed E-state index contributed by atoms with van der Waals surface area (Å²) in [4.78, 5) is 27.4. The molecule has 1 saturated heterocycles.